The Bertz CT molecular complexity index is 587. The van der Waals surface area contributed by atoms with Gasteiger partial charge in [0.1, 0.15) is 5.82 Å². The minimum Gasteiger partial charge on any atom is -0.306 e. The molecular formula is C17H19BrFN. The smallest absolute Gasteiger partial charge is 0.128 e. The van der Waals surface area contributed by atoms with Crippen molar-refractivity contribution in [2.24, 2.45) is 0 Å². The highest BCUT2D eigenvalue weighted by molar-refractivity contribution is 9.10. The van der Waals surface area contributed by atoms with Crippen LogP contribution in [-0.4, -0.2) is 6.54 Å². The van der Waals surface area contributed by atoms with Gasteiger partial charge in [-0.2, -0.15) is 0 Å². The lowest BCUT2D eigenvalue weighted by atomic mass is 9.95. The maximum Gasteiger partial charge on any atom is 0.128 e. The summed E-state index contributed by atoms with van der Waals surface area (Å²) in [7, 11) is 0. The number of hydrogen-bond donors (Lipinski definition) is 1. The van der Waals surface area contributed by atoms with E-state index in [1.54, 1.807) is 6.07 Å². The second kappa shape index (κ2) is 6.51. The molecule has 1 atom stereocenters. The molecular weight excluding hydrogens is 317 g/mol. The predicted molar refractivity (Wildman–Crippen MR) is 85.5 cm³/mol. The van der Waals surface area contributed by atoms with Crippen LogP contribution in [0, 0.1) is 19.7 Å². The van der Waals surface area contributed by atoms with Gasteiger partial charge in [-0.05, 0) is 43.1 Å². The number of rotatable bonds is 4. The van der Waals surface area contributed by atoms with Crippen LogP contribution in [0.15, 0.2) is 40.9 Å². The monoisotopic (exact) mass is 335 g/mol. The van der Waals surface area contributed by atoms with E-state index in [-0.39, 0.29) is 11.9 Å². The molecule has 2 aromatic carbocycles. The lowest BCUT2D eigenvalue weighted by molar-refractivity contribution is 0.558. The van der Waals surface area contributed by atoms with Gasteiger partial charge in [-0.25, -0.2) is 4.39 Å². The summed E-state index contributed by atoms with van der Waals surface area (Å²) in [4.78, 5) is 0. The SMILES string of the molecule is CCNC(c1cc(C)c(Br)c(C)c1)c1ccccc1F. The average molecular weight is 336 g/mol. The van der Waals surface area contributed by atoms with E-state index in [1.807, 2.05) is 19.1 Å². The lowest BCUT2D eigenvalue weighted by Gasteiger charge is -2.21. The number of nitrogens with one attached hydrogen (secondary N) is 1. The zero-order valence-electron chi connectivity index (χ0n) is 12.0. The molecule has 20 heavy (non-hydrogen) atoms. The third-order valence-corrected chi connectivity index (χ3v) is 4.67. The normalized spacial score (nSPS) is 12.4. The fourth-order valence-corrected chi connectivity index (χ4v) is 2.70. The first-order valence-corrected chi connectivity index (χ1v) is 7.58. The minimum atomic E-state index is -0.170. The van der Waals surface area contributed by atoms with Crippen molar-refractivity contribution < 1.29 is 4.39 Å². The van der Waals surface area contributed by atoms with Crippen LogP contribution in [0.5, 0.6) is 0 Å². The van der Waals surface area contributed by atoms with Crippen LogP contribution in [0.3, 0.4) is 0 Å². The largest absolute Gasteiger partial charge is 0.306 e. The van der Waals surface area contributed by atoms with E-state index in [4.69, 9.17) is 0 Å². The van der Waals surface area contributed by atoms with Crippen LogP contribution in [-0.2, 0) is 0 Å². The molecule has 3 heteroatoms. The van der Waals surface area contributed by atoms with Crippen molar-refractivity contribution in [1.82, 2.24) is 5.32 Å². The number of halogens is 2. The summed E-state index contributed by atoms with van der Waals surface area (Å²) in [6.45, 7) is 6.94. The second-order valence-corrected chi connectivity index (χ2v) is 5.77. The van der Waals surface area contributed by atoms with Gasteiger partial charge in [0, 0.05) is 10.0 Å². The van der Waals surface area contributed by atoms with Crippen LogP contribution in [0.4, 0.5) is 4.39 Å². The van der Waals surface area contributed by atoms with E-state index < -0.39 is 0 Å². The molecule has 0 spiro atoms. The molecule has 0 aliphatic carbocycles. The van der Waals surface area contributed by atoms with Crippen molar-refractivity contribution in [2.75, 3.05) is 6.54 Å². The summed E-state index contributed by atoms with van der Waals surface area (Å²) in [6.07, 6.45) is 0. The lowest BCUT2D eigenvalue weighted by Crippen LogP contribution is -2.23. The summed E-state index contributed by atoms with van der Waals surface area (Å²) in [5.41, 5.74) is 4.11. The van der Waals surface area contributed by atoms with Crippen molar-refractivity contribution in [3.63, 3.8) is 0 Å². The molecule has 0 heterocycles. The van der Waals surface area contributed by atoms with Crippen LogP contribution >= 0.6 is 15.9 Å². The Morgan fingerprint density at radius 3 is 2.30 bits per heavy atom. The molecule has 0 aromatic heterocycles. The zero-order valence-corrected chi connectivity index (χ0v) is 13.6. The Hall–Kier alpha value is -1.19. The average Bonchev–Trinajstić information content (AvgIpc) is 2.43. The van der Waals surface area contributed by atoms with Crippen molar-refractivity contribution in [3.8, 4) is 0 Å². The molecule has 106 valence electrons. The summed E-state index contributed by atoms with van der Waals surface area (Å²) in [5, 5.41) is 3.37. The van der Waals surface area contributed by atoms with Crippen LogP contribution < -0.4 is 5.32 Å². The molecule has 0 radical (unpaired) electrons. The Morgan fingerprint density at radius 2 is 1.75 bits per heavy atom. The molecule has 0 aliphatic heterocycles. The quantitative estimate of drug-likeness (QED) is 0.837. The highest BCUT2D eigenvalue weighted by atomic mass is 79.9. The maximum atomic E-state index is 14.1. The first-order chi connectivity index (χ1) is 9.54. The minimum absolute atomic E-state index is 0.119. The molecule has 2 rings (SSSR count). The Kier molecular flexibility index (Phi) is 4.95. The van der Waals surface area contributed by atoms with Crippen LogP contribution in [0.25, 0.3) is 0 Å². The summed E-state index contributed by atoms with van der Waals surface area (Å²) < 4.78 is 15.2. The molecule has 1 nitrogen and oxygen atoms in total. The third kappa shape index (κ3) is 3.10. The maximum absolute atomic E-state index is 14.1. The van der Waals surface area contributed by atoms with Gasteiger partial charge in [0.15, 0.2) is 0 Å². The fourth-order valence-electron chi connectivity index (χ4n) is 2.47. The van der Waals surface area contributed by atoms with E-state index >= 15 is 0 Å². The molecule has 1 unspecified atom stereocenters. The van der Waals surface area contributed by atoms with E-state index in [1.165, 1.54) is 17.2 Å². The van der Waals surface area contributed by atoms with E-state index in [0.717, 1.165) is 16.6 Å². The Morgan fingerprint density at radius 1 is 1.15 bits per heavy atom. The summed E-state index contributed by atoms with van der Waals surface area (Å²) in [6, 6.07) is 11.1. The van der Waals surface area contributed by atoms with Gasteiger partial charge in [-0.3, -0.25) is 0 Å². The molecule has 0 saturated heterocycles. The highest BCUT2D eigenvalue weighted by Gasteiger charge is 2.18. The third-order valence-electron chi connectivity index (χ3n) is 3.42. The van der Waals surface area contributed by atoms with Crippen molar-refractivity contribution in [2.45, 2.75) is 26.8 Å². The first-order valence-electron chi connectivity index (χ1n) is 6.79. The van der Waals surface area contributed by atoms with Gasteiger partial charge < -0.3 is 5.32 Å². The molecule has 0 bridgehead atoms. The van der Waals surface area contributed by atoms with Gasteiger partial charge in [0.05, 0.1) is 6.04 Å². The van der Waals surface area contributed by atoms with Gasteiger partial charge in [-0.1, -0.05) is 53.2 Å². The fraction of sp³-hybridized carbons (Fsp3) is 0.294. The number of aryl methyl sites for hydroxylation is 2. The first kappa shape index (κ1) is 15.2. The van der Waals surface area contributed by atoms with E-state index in [9.17, 15) is 4.39 Å². The molecule has 2 aromatic rings. The Balaban J connectivity index is 2.52. The number of benzene rings is 2. The molecule has 1 N–H and O–H groups in total. The summed E-state index contributed by atoms with van der Waals surface area (Å²) >= 11 is 3.58. The standard InChI is InChI=1S/C17H19BrFN/c1-4-20-17(14-7-5-6-8-15(14)19)13-9-11(2)16(18)12(3)10-13/h5-10,17,20H,4H2,1-3H3. The number of hydrogen-bond acceptors (Lipinski definition) is 1. The van der Waals surface area contributed by atoms with E-state index in [2.05, 4.69) is 47.2 Å². The summed E-state index contributed by atoms with van der Waals surface area (Å²) in [5.74, 6) is -0.170. The van der Waals surface area contributed by atoms with Crippen molar-refractivity contribution >= 4 is 15.9 Å². The van der Waals surface area contributed by atoms with Gasteiger partial charge >= 0.3 is 0 Å². The molecule has 0 amide bonds. The van der Waals surface area contributed by atoms with Gasteiger partial charge in [0.25, 0.3) is 0 Å². The van der Waals surface area contributed by atoms with Crippen LogP contribution in [0.1, 0.15) is 35.2 Å². The van der Waals surface area contributed by atoms with Crippen LogP contribution in [0.2, 0.25) is 0 Å². The van der Waals surface area contributed by atoms with Crippen molar-refractivity contribution in [1.29, 1.82) is 0 Å². The predicted octanol–water partition coefficient (Wildman–Crippen LogP) is 4.90. The topological polar surface area (TPSA) is 12.0 Å². The van der Waals surface area contributed by atoms with Gasteiger partial charge in [0.2, 0.25) is 0 Å². The second-order valence-electron chi connectivity index (χ2n) is 4.98. The van der Waals surface area contributed by atoms with Gasteiger partial charge in [-0.15, -0.1) is 0 Å². The molecule has 0 fully saturated rings. The molecule has 0 aliphatic rings. The zero-order chi connectivity index (χ0) is 14.7. The van der Waals surface area contributed by atoms with Crippen molar-refractivity contribution in [3.05, 3.63) is 68.9 Å². The highest BCUT2D eigenvalue weighted by Crippen LogP contribution is 2.29. The Labute approximate surface area is 128 Å². The molecule has 0 saturated carbocycles. The van der Waals surface area contributed by atoms with E-state index in [0.29, 0.717) is 5.56 Å².